The summed E-state index contributed by atoms with van der Waals surface area (Å²) in [6.07, 6.45) is 0. The van der Waals surface area contributed by atoms with Gasteiger partial charge in [-0.2, -0.15) is 5.26 Å². The van der Waals surface area contributed by atoms with Crippen LogP contribution in [0.1, 0.15) is 11.1 Å². The Labute approximate surface area is 82.9 Å². The van der Waals surface area contributed by atoms with E-state index in [4.69, 9.17) is 16.9 Å². The number of benzene rings is 1. The quantitative estimate of drug-likeness (QED) is 0.700. The van der Waals surface area contributed by atoms with Crippen LogP contribution in [0.2, 0.25) is 0 Å². The Hall–Kier alpha value is -0.590. The molecule has 0 saturated heterocycles. The van der Waals surface area contributed by atoms with Crippen LogP contribution in [0.4, 0.5) is 4.39 Å². The molecule has 0 radical (unpaired) electrons. The molecule has 1 rings (SSSR count). The largest absolute Gasteiger partial charge is 0.263 e. The van der Waals surface area contributed by atoms with Crippen molar-refractivity contribution in [1.29, 1.82) is 5.26 Å². The number of rotatable bonds is 1. The van der Waals surface area contributed by atoms with Gasteiger partial charge in [0.1, 0.15) is 0 Å². The Kier molecular flexibility index (Phi) is 2.71. The third kappa shape index (κ3) is 2.20. The molecule has 4 heteroatoms. The standard InChI is InChI=1S/C8H4BrClFN/c9-8(10,11)7-3-1-2-6(4-7)5-12/h1-4H. The predicted molar refractivity (Wildman–Crippen MR) is 48.7 cm³/mol. The summed E-state index contributed by atoms with van der Waals surface area (Å²) < 4.78 is 10.9. The minimum Gasteiger partial charge on any atom is -0.208 e. The fraction of sp³-hybridized carbons (Fsp3) is 0.125. The highest BCUT2D eigenvalue weighted by Crippen LogP contribution is 2.37. The molecule has 0 bridgehead atoms. The maximum Gasteiger partial charge on any atom is 0.263 e. The first kappa shape index (κ1) is 9.50. The summed E-state index contributed by atoms with van der Waals surface area (Å²) in [7, 11) is 0. The first-order valence-electron chi connectivity index (χ1n) is 3.11. The zero-order valence-electron chi connectivity index (χ0n) is 5.89. The van der Waals surface area contributed by atoms with Crippen LogP contribution < -0.4 is 0 Å². The van der Waals surface area contributed by atoms with E-state index in [1.54, 1.807) is 12.1 Å². The van der Waals surface area contributed by atoms with Crippen LogP contribution in [0, 0.1) is 11.3 Å². The van der Waals surface area contributed by atoms with Crippen molar-refractivity contribution in [3.05, 3.63) is 35.4 Å². The van der Waals surface area contributed by atoms with E-state index in [9.17, 15) is 4.39 Å². The van der Waals surface area contributed by atoms with Gasteiger partial charge in [-0.15, -0.1) is 0 Å². The van der Waals surface area contributed by atoms with E-state index in [0.717, 1.165) is 0 Å². The van der Waals surface area contributed by atoms with E-state index in [1.165, 1.54) is 12.1 Å². The zero-order valence-corrected chi connectivity index (χ0v) is 8.23. The van der Waals surface area contributed by atoms with Crippen molar-refractivity contribution in [3.63, 3.8) is 0 Å². The van der Waals surface area contributed by atoms with Crippen molar-refractivity contribution in [2.75, 3.05) is 0 Å². The lowest BCUT2D eigenvalue weighted by Gasteiger charge is -2.09. The van der Waals surface area contributed by atoms with Gasteiger partial charge in [0.2, 0.25) is 0 Å². The van der Waals surface area contributed by atoms with Crippen LogP contribution in [-0.4, -0.2) is 0 Å². The average Bonchev–Trinajstić information content (AvgIpc) is 2.03. The van der Waals surface area contributed by atoms with Gasteiger partial charge in [-0.25, -0.2) is 4.39 Å². The maximum atomic E-state index is 13.0. The second kappa shape index (κ2) is 3.42. The van der Waals surface area contributed by atoms with Crippen molar-refractivity contribution in [2.24, 2.45) is 0 Å². The lowest BCUT2D eigenvalue weighted by Crippen LogP contribution is -2.00. The molecule has 0 aliphatic carbocycles. The van der Waals surface area contributed by atoms with E-state index in [1.807, 2.05) is 6.07 Å². The SMILES string of the molecule is N#Cc1cccc(C(F)(Cl)Br)c1. The summed E-state index contributed by atoms with van der Waals surface area (Å²) >= 11 is 7.97. The molecular formula is C8H4BrClFN. The average molecular weight is 248 g/mol. The molecule has 0 saturated carbocycles. The molecule has 1 aromatic rings. The number of nitriles is 1. The van der Waals surface area contributed by atoms with Crippen LogP contribution in [0.15, 0.2) is 24.3 Å². The molecule has 12 heavy (non-hydrogen) atoms. The highest BCUT2D eigenvalue weighted by molar-refractivity contribution is 9.10. The van der Waals surface area contributed by atoms with Gasteiger partial charge in [-0.05, 0) is 28.1 Å². The first-order chi connectivity index (χ1) is 5.54. The summed E-state index contributed by atoms with van der Waals surface area (Å²) in [5.41, 5.74) is 0.609. The fourth-order valence-corrected chi connectivity index (χ4v) is 1.13. The Morgan fingerprint density at radius 1 is 1.58 bits per heavy atom. The summed E-state index contributed by atoms with van der Waals surface area (Å²) in [6, 6.07) is 7.94. The van der Waals surface area contributed by atoms with Crippen LogP contribution in [0.25, 0.3) is 0 Å². The third-order valence-corrected chi connectivity index (χ3v) is 2.00. The molecule has 0 heterocycles. The minimum absolute atomic E-state index is 0.225. The van der Waals surface area contributed by atoms with Gasteiger partial charge in [0.05, 0.1) is 11.6 Å². The number of hydrogen-bond donors (Lipinski definition) is 0. The third-order valence-electron chi connectivity index (χ3n) is 1.32. The predicted octanol–water partition coefficient (Wildman–Crippen LogP) is 3.27. The molecule has 0 amide bonds. The minimum atomic E-state index is -2.08. The molecule has 0 N–H and O–H groups in total. The van der Waals surface area contributed by atoms with E-state index in [2.05, 4.69) is 15.9 Å². The van der Waals surface area contributed by atoms with E-state index < -0.39 is 4.04 Å². The van der Waals surface area contributed by atoms with Crippen LogP contribution >= 0.6 is 27.5 Å². The highest BCUT2D eigenvalue weighted by atomic mass is 79.9. The Morgan fingerprint density at radius 3 is 2.75 bits per heavy atom. The lowest BCUT2D eigenvalue weighted by atomic mass is 10.1. The Balaban J connectivity index is 3.13. The molecule has 1 nitrogen and oxygen atoms in total. The monoisotopic (exact) mass is 247 g/mol. The smallest absolute Gasteiger partial charge is 0.208 e. The molecule has 1 unspecified atom stereocenters. The van der Waals surface area contributed by atoms with Gasteiger partial charge in [0, 0.05) is 5.56 Å². The molecule has 0 aliphatic heterocycles. The highest BCUT2D eigenvalue weighted by Gasteiger charge is 2.24. The van der Waals surface area contributed by atoms with Gasteiger partial charge in [-0.1, -0.05) is 23.7 Å². The Bertz CT molecular complexity index is 327. The fourth-order valence-electron chi connectivity index (χ4n) is 0.765. The van der Waals surface area contributed by atoms with Crippen molar-refractivity contribution in [3.8, 4) is 6.07 Å². The van der Waals surface area contributed by atoms with E-state index >= 15 is 0 Å². The normalized spacial score (nSPS) is 14.8. The zero-order chi connectivity index (χ0) is 9.19. The maximum absolute atomic E-state index is 13.0. The summed E-state index contributed by atoms with van der Waals surface area (Å²) in [6.45, 7) is 0. The number of alkyl halides is 3. The summed E-state index contributed by atoms with van der Waals surface area (Å²) in [5.74, 6) is 0. The molecular weight excluding hydrogens is 244 g/mol. The lowest BCUT2D eigenvalue weighted by molar-refractivity contribution is 0.425. The van der Waals surface area contributed by atoms with Gasteiger partial charge >= 0.3 is 0 Å². The van der Waals surface area contributed by atoms with Crippen molar-refractivity contribution in [1.82, 2.24) is 0 Å². The van der Waals surface area contributed by atoms with Gasteiger partial charge in [0.15, 0.2) is 0 Å². The topological polar surface area (TPSA) is 23.8 Å². The van der Waals surface area contributed by atoms with Crippen molar-refractivity contribution >= 4 is 27.5 Å². The Morgan fingerprint density at radius 2 is 2.25 bits per heavy atom. The molecule has 62 valence electrons. The number of nitrogens with zero attached hydrogens (tertiary/aromatic N) is 1. The second-order valence-electron chi connectivity index (χ2n) is 2.19. The van der Waals surface area contributed by atoms with Crippen molar-refractivity contribution in [2.45, 2.75) is 4.04 Å². The summed E-state index contributed by atoms with van der Waals surface area (Å²) in [5, 5.41) is 8.50. The van der Waals surface area contributed by atoms with Crippen LogP contribution in [0.3, 0.4) is 0 Å². The molecule has 1 aromatic carbocycles. The number of halogens is 3. The van der Waals surface area contributed by atoms with E-state index in [0.29, 0.717) is 5.56 Å². The van der Waals surface area contributed by atoms with Crippen LogP contribution in [-0.2, 0) is 4.04 Å². The molecule has 0 aromatic heterocycles. The molecule has 0 fully saturated rings. The van der Waals surface area contributed by atoms with Gasteiger partial charge in [0.25, 0.3) is 4.04 Å². The molecule has 1 atom stereocenters. The second-order valence-corrected chi connectivity index (χ2v) is 4.26. The van der Waals surface area contributed by atoms with Crippen molar-refractivity contribution < 1.29 is 4.39 Å². The molecule has 0 spiro atoms. The van der Waals surface area contributed by atoms with Gasteiger partial charge < -0.3 is 0 Å². The summed E-state index contributed by atoms with van der Waals surface area (Å²) in [4.78, 5) is 0. The van der Waals surface area contributed by atoms with Gasteiger partial charge in [-0.3, -0.25) is 0 Å². The number of hydrogen-bond acceptors (Lipinski definition) is 1. The first-order valence-corrected chi connectivity index (χ1v) is 4.28. The molecule has 0 aliphatic rings. The van der Waals surface area contributed by atoms with E-state index in [-0.39, 0.29) is 5.56 Å². The van der Waals surface area contributed by atoms with Crippen LogP contribution in [0.5, 0.6) is 0 Å².